The number of benzene rings is 2. The summed E-state index contributed by atoms with van der Waals surface area (Å²) in [6.07, 6.45) is 4.56. The summed E-state index contributed by atoms with van der Waals surface area (Å²) in [6.45, 7) is 4.26. The van der Waals surface area contributed by atoms with E-state index in [1.54, 1.807) is 6.20 Å². The summed E-state index contributed by atoms with van der Waals surface area (Å²) in [5.74, 6) is 1.34. The molecule has 9 nitrogen and oxygen atoms in total. The summed E-state index contributed by atoms with van der Waals surface area (Å²) in [6, 6.07) is 16.8. The van der Waals surface area contributed by atoms with Gasteiger partial charge in [0.05, 0.1) is 18.6 Å². The molecule has 0 aliphatic heterocycles. The first kappa shape index (κ1) is 24.2. The average Bonchev–Trinajstić information content (AvgIpc) is 3.38. The third-order valence-corrected chi connectivity index (χ3v) is 6.54. The Balaban J connectivity index is 1.25. The van der Waals surface area contributed by atoms with Crippen LogP contribution in [-0.2, 0) is 5.41 Å². The normalized spacial score (nSPS) is 17.1. The Kier molecular flexibility index (Phi) is 6.47. The fraction of sp³-hybridized carbons (Fsp3) is 0.259. The first-order valence-electron chi connectivity index (χ1n) is 11.9. The van der Waals surface area contributed by atoms with Gasteiger partial charge in [-0.15, -0.1) is 5.10 Å². The largest absolute Gasteiger partial charge is 0.490 e. The zero-order chi connectivity index (χ0) is 26.0. The molecule has 4 aromatic rings. The Bertz CT molecular complexity index is 1370. The van der Waals surface area contributed by atoms with Crippen molar-refractivity contribution in [3.63, 3.8) is 0 Å². The summed E-state index contributed by atoms with van der Waals surface area (Å²) in [5.41, 5.74) is 1.88. The predicted octanol–water partition coefficient (Wildman–Crippen LogP) is 5.10. The van der Waals surface area contributed by atoms with E-state index in [1.807, 2.05) is 48.5 Å². The zero-order valence-corrected chi connectivity index (χ0v) is 20.3. The van der Waals surface area contributed by atoms with Crippen LogP contribution < -0.4 is 14.8 Å². The van der Waals surface area contributed by atoms with Crippen LogP contribution in [0.25, 0.3) is 5.82 Å². The molecule has 10 heteroatoms. The molecule has 0 unspecified atom stereocenters. The second-order valence-corrected chi connectivity index (χ2v) is 9.46. The number of aromatic nitrogens is 4. The number of ether oxygens (including phenoxy) is 2. The summed E-state index contributed by atoms with van der Waals surface area (Å²) in [4.78, 5) is 14.8. The second-order valence-electron chi connectivity index (χ2n) is 9.46. The van der Waals surface area contributed by atoms with E-state index in [2.05, 4.69) is 34.5 Å². The fourth-order valence-electron chi connectivity index (χ4n) is 4.31. The van der Waals surface area contributed by atoms with Gasteiger partial charge in [0.15, 0.2) is 11.6 Å². The van der Waals surface area contributed by atoms with E-state index < -0.39 is 11.9 Å². The van der Waals surface area contributed by atoms with Gasteiger partial charge < -0.3 is 19.9 Å². The zero-order valence-electron chi connectivity index (χ0n) is 20.3. The molecule has 2 heterocycles. The maximum Gasteiger partial charge on any atom is 0.404 e. The van der Waals surface area contributed by atoms with Crippen LogP contribution in [0.3, 0.4) is 0 Å². The van der Waals surface area contributed by atoms with Crippen LogP contribution in [0.2, 0.25) is 0 Å². The monoisotopic (exact) mass is 503 g/mol. The molecular weight excluding hydrogens is 477 g/mol. The molecule has 0 radical (unpaired) electrons. The molecule has 0 spiro atoms. The lowest BCUT2D eigenvalue weighted by Crippen LogP contribution is -2.48. The summed E-state index contributed by atoms with van der Waals surface area (Å²) in [7, 11) is 0. The van der Waals surface area contributed by atoms with Gasteiger partial charge >= 0.3 is 6.09 Å². The van der Waals surface area contributed by atoms with Gasteiger partial charge in [-0.2, -0.15) is 4.68 Å². The molecule has 2 aromatic heterocycles. The molecule has 37 heavy (non-hydrogen) atoms. The van der Waals surface area contributed by atoms with Gasteiger partial charge in [0, 0.05) is 30.4 Å². The van der Waals surface area contributed by atoms with E-state index in [1.165, 1.54) is 16.9 Å². The molecule has 1 fully saturated rings. The lowest BCUT2D eigenvalue weighted by atomic mass is 9.78. The molecule has 0 atom stereocenters. The van der Waals surface area contributed by atoms with Crippen molar-refractivity contribution in [2.24, 2.45) is 0 Å². The molecule has 0 bridgehead atoms. The van der Waals surface area contributed by atoms with E-state index >= 15 is 0 Å². The Morgan fingerprint density at radius 2 is 1.73 bits per heavy atom. The number of hydrogen-bond acceptors (Lipinski definition) is 6. The van der Waals surface area contributed by atoms with Crippen molar-refractivity contribution >= 4 is 6.09 Å². The van der Waals surface area contributed by atoms with Crippen molar-refractivity contribution in [1.82, 2.24) is 25.3 Å². The Morgan fingerprint density at radius 3 is 2.32 bits per heavy atom. The van der Waals surface area contributed by atoms with Gasteiger partial charge in [-0.25, -0.2) is 14.2 Å². The highest BCUT2D eigenvalue weighted by atomic mass is 19.1. The van der Waals surface area contributed by atoms with Crippen LogP contribution in [0.15, 0.2) is 73.2 Å². The predicted molar refractivity (Wildman–Crippen MR) is 133 cm³/mol. The van der Waals surface area contributed by atoms with Crippen molar-refractivity contribution in [1.29, 1.82) is 0 Å². The fourth-order valence-corrected chi connectivity index (χ4v) is 4.31. The van der Waals surface area contributed by atoms with Crippen molar-refractivity contribution in [3.8, 4) is 23.1 Å². The Morgan fingerprint density at radius 1 is 1.08 bits per heavy atom. The van der Waals surface area contributed by atoms with E-state index in [0.717, 1.165) is 23.1 Å². The number of amides is 1. The first-order valence-corrected chi connectivity index (χ1v) is 11.9. The van der Waals surface area contributed by atoms with Crippen LogP contribution in [0, 0.1) is 5.82 Å². The number of nitrogens with one attached hydrogen (secondary N) is 1. The van der Waals surface area contributed by atoms with Crippen LogP contribution in [0.1, 0.15) is 37.8 Å². The van der Waals surface area contributed by atoms with Crippen LogP contribution in [0.5, 0.6) is 17.2 Å². The molecule has 5 rings (SSSR count). The molecule has 1 aliphatic rings. The van der Waals surface area contributed by atoms with Gasteiger partial charge in [0.25, 0.3) is 0 Å². The number of halogens is 1. The van der Waals surface area contributed by atoms with Gasteiger partial charge in [-0.1, -0.05) is 43.3 Å². The van der Waals surface area contributed by atoms with Gasteiger partial charge in [0.1, 0.15) is 23.4 Å². The van der Waals surface area contributed by atoms with Crippen LogP contribution in [0.4, 0.5) is 9.18 Å². The molecule has 2 aromatic carbocycles. The molecule has 190 valence electrons. The maximum absolute atomic E-state index is 13.9. The van der Waals surface area contributed by atoms with Gasteiger partial charge in [-0.3, -0.25) is 0 Å². The minimum atomic E-state index is -1.00. The maximum atomic E-state index is 13.9. The first-order chi connectivity index (χ1) is 17.8. The van der Waals surface area contributed by atoms with Crippen LogP contribution in [-0.4, -0.2) is 43.3 Å². The second kappa shape index (κ2) is 9.88. The third kappa shape index (κ3) is 5.37. The summed E-state index contributed by atoms with van der Waals surface area (Å²) < 4.78 is 27.2. The molecule has 1 amide bonds. The van der Waals surface area contributed by atoms with Crippen LogP contribution >= 0.6 is 0 Å². The minimum Gasteiger partial charge on any atom is -0.490 e. The number of nitrogens with zero attached hydrogens (tertiary/aromatic N) is 4. The summed E-state index contributed by atoms with van der Waals surface area (Å²) >= 11 is 0. The van der Waals surface area contributed by atoms with Crippen molar-refractivity contribution in [2.75, 3.05) is 0 Å². The van der Waals surface area contributed by atoms with E-state index in [0.29, 0.717) is 24.4 Å². The van der Waals surface area contributed by atoms with E-state index in [9.17, 15) is 9.18 Å². The Hall–Kier alpha value is -4.47. The molecule has 1 aliphatic carbocycles. The quantitative estimate of drug-likeness (QED) is 0.344. The number of carbonyl (C=O) groups is 1. The standard InChI is InChI=1S/C27H26FN5O4/c1-27(2,17-3-7-21(8-4-17)36-23-14-20(15-23)31-26(34)35)18-5-9-22(10-6-18)37-24-13-19(28)16-29-25(24)33-12-11-30-32-33/h3-13,16,20,23,31H,14-15H2,1-2H3,(H,34,35). The lowest BCUT2D eigenvalue weighted by molar-refractivity contribution is 0.0833. The topological polar surface area (TPSA) is 111 Å². The van der Waals surface area contributed by atoms with E-state index in [4.69, 9.17) is 14.6 Å². The third-order valence-electron chi connectivity index (χ3n) is 6.54. The molecular formula is C27H26FN5O4. The highest BCUT2D eigenvalue weighted by Gasteiger charge is 2.32. The SMILES string of the molecule is CC(C)(c1ccc(Oc2cc(F)cnc2-n2ccnn2)cc1)c1ccc(OC2CC(NC(=O)O)C2)cc1. The highest BCUT2D eigenvalue weighted by Crippen LogP contribution is 2.35. The summed E-state index contributed by atoms with van der Waals surface area (Å²) in [5, 5.41) is 18.9. The highest BCUT2D eigenvalue weighted by molar-refractivity contribution is 5.65. The number of pyridine rings is 1. The Labute approximate surface area is 212 Å². The van der Waals surface area contributed by atoms with Crippen molar-refractivity contribution in [3.05, 3.63) is 90.1 Å². The van der Waals surface area contributed by atoms with Crippen molar-refractivity contribution < 1.29 is 23.8 Å². The molecule has 0 saturated heterocycles. The molecule has 1 saturated carbocycles. The lowest BCUT2D eigenvalue weighted by Gasteiger charge is -2.35. The van der Waals surface area contributed by atoms with E-state index in [-0.39, 0.29) is 23.3 Å². The smallest absolute Gasteiger partial charge is 0.404 e. The number of rotatable bonds is 8. The molecule has 2 N–H and O–H groups in total. The number of carboxylic acid groups (broad SMARTS) is 1. The average molecular weight is 504 g/mol. The van der Waals surface area contributed by atoms with Gasteiger partial charge in [-0.05, 0) is 35.4 Å². The van der Waals surface area contributed by atoms with Crippen molar-refractivity contribution in [2.45, 2.75) is 44.2 Å². The number of hydrogen-bond donors (Lipinski definition) is 2. The minimum absolute atomic E-state index is 0.0154. The van der Waals surface area contributed by atoms with Gasteiger partial charge in [0.2, 0.25) is 0 Å².